The molecule has 4 heteroatoms. The van der Waals surface area contributed by atoms with Crippen LogP contribution in [0.1, 0.15) is 25.8 Å². The number of likely N-dealkylation sites (N-methyl/N-ethyl adjacent to an activating group) is 1. The molecule has 114 valence electrons. The maximum Gasteiger partial charge on any atom is 0.250 e. The number of hydroxylamine groups is 2. The van der Waals surface area contributed by atoms with Crippen LogP contribution in [0.2, 0.25) is 0 Å². The van der Waals surface area contributed by atoms with E-state index in [-0.39, 0.29) is 18.1 Å². The summed E-state index contributed by atoms with van der Waals surface area (Å²) in [5.41, 5.74) is 1.01. The van der Waals surface area contributed by atoms with Gasteiger partial charge in [0.25, 0.3) is 5.91 Å². The lowest BCUT2D eigenvalue weighted by molar-refractivity contribution is -0.201. The summed E-state index contributed by atoms with van der Waals surface area (Å²) in [6.45, 7) is 5.47. The minimum atomic E-state index is -0.0802. The number of hydrogen-bond acceptors (Lipinski definition) is 3. The third kappa shape index (κ3) is 4.41. The lowest BCUT2D eigenvalue weighted by Crippen LogP contribution is -2.47. The van der Waals surface area contributed by atoms with Crippen molar-refractivity contribution in [3.63, 3.8) is 0 Å². The van der Waals surface area contributed by atoms with Gasteiger partial charge in [-0.3, -0.25) is 9.63 Å². The Labute approximate surface area is 126 Å². The van der Waals surface area contributed by atoms with Gasteiger partial charge in [0, 0.05) is 19.1 Å². The monoisotopic (exact) mass is 288 g/mol. The predicted molar refractivity (Wildman–Crippen MR) is 83.6 cm³/mol. The first-order valence-corrected chi connectivity index (χ1v) is 7.65. The fraction of sp³-hybridized carbons (Fsp3) is 0.471. The van der Waals surface area contributed by atoms with Crippen molar-refractivity contribution in [1.29, 1.82) is 0 Å². The molecule has 2 rings (SSSR count). The van der Waals surface area contributed by atoms with Gasteiger partial charge in [-0.15, -0.1) is 0 Å². The van der Waals surface area contributed by atoms with Crippen LogP contribution in [0.4, 0.5) is 0 Å². The van der Waals surface area contributed by atoms with Crippen molar-refractivity contribution < 1.29 is 9.63 Å². The lowest BCUT2D eigenvalue weighted by Gasteiger charge is -2.32. The molecule has 0 saturated heterocycles. The Bertz CT molecular complexity index is 473. The highest BCUT2D eigenvalue weighted by atomic mass is 16.7. The number of nitrogens with one attached hydrogen (secondary N) is 1. The first kappa shape index (κ1) is 15.7. The van der Waals surface area contributed by atoms with Gasteiger partial charge in [0.05, 0.1) is 6.42 Å². The molecule has 1 N–H and O–H groups in total. The molecule has 0 aromatic heterocycles. The Balaban J connectivity index is 1.97. The number of hydrogen-bond donors (Lipinski definition) is 1. The van der Waals surface area contributed by atoms with Crippen molar-refractivity contribution in [2.75, 3.05) is 13.1 Å². The predicted octanol–water partition coefficient (Wildman–Crippen LogP) is 2.32. The number of benzene rings is 1. The Kier molecular flexibility index (Phi) is 5.96. The molecule has 1 heterocycles. The van der Waals surface area contributed by atoms with E-state index in [9.17, 15) is 4.79 Å². The van der Waals surface area contributed by atoms with Crippen molar-refractivity contribution in [3.05, 3.63) is 48.0 Å². The van der Waals surface area contributed by atoms with E-state index in [0.29, 0.717) is 13.0 Å². The minimum Gasteiger partial charge on any atom is -0.308 e. The highest BCUT2D eigenvalue weighted by molar-refractivity contribution is 5.77. The largest absolute Gasteiger partial charge is 0.308 e. The van der Waals surface area contributed by atoms with E-state index in [1.807, 2.05) is 49.4 Å². The molecule has 0 radical (unpaired) electrons. The first-order valence-electron chi connectivity index (χ1n) is 7.65. The molecule has 0 bridgehead atoms. The highest BCUT2D eigenvalue weighted by Gasteiger charge is 2.25. The van der Waals surface area contributed by atoms with Crippen LogP contribution >= 0.6 is 0 Å². The molecule has 1 aliphatic rings. The second kappa shape index (κ2) is 7.96. The molecule has 0 fully saturated rings. The molecule has 1 amide bonds. The first-order chi connectivity index (χ1) is 10.2. The Hall–Kier alpha value is -1.65. The zero-order valence-electron chi connectivity index (χ0n) is 12.8. The van der Waals surface area contributed by atoms with Crippen molar-refractivity contribution >= 4 is 5.91 Å². The van der Waals surface area contributed by atoms with Crippen LogP contribution < -0.4 is 5.32 Å². The summed E-state index contributed by atoms with van der Waals surface area (Å²) < 4.78 is 0. The van der Waals surface area contributed by atoms with Crippen molar-refractivity contribution in [2.45, 2.75) is 38.8 Å². The van der Waals surface area contributed by atoms with E-state index in [2.05, 4.69) is 12.2 Å². The standard InChI is InChI=1S/C17H24N2O2/c1-3-15-16(11-8-12-18-15)21-19(4-2)17(20)13-14-9-6-5-7-10-14/h5-11,15-16,18H,3-4,12-13H2,1-2H3. The van der Waals surface area contributed by atoms with Gasteiger partial charge in [-0.25, -0.2) is 5.06 Å². The Morgan fingerprint density at radius 2 is 2.10 bits per heavy atom. The third-order valence-electron chi connectivity index (χ3n) is 3.67. The molecule has 0 spiro atoms. The van der Waals surface area contributed by atoms with Crippen molar-refractivity contribution in [2.24, 2.45) is 0 Å². The van der Waals surface area contributed by atoms with Gasteiger partial charge in [0.2, 0.25) is 0 Å². The van der Waals surface area contributed by atoms with Crippen LogP contribution in [0.25, 0.3) is 0 Å². The molecule has 0 saturated carbocycles. The van der Waals surface area contributed by atoms with E-state index < -0.39 is 0 Å². The fourth-order valence-electron chi connectivity index (χ4n) is 2.47. The number of nitrogens with zero attached hydrogens (tertiary/aromatic N) is 1. The topological polar surface area (TPSA) is 41.6 Å². The maximum atomic E-state index is 12.4. The quantitative estimate of drug-likeness (QED) is 0.645. The minimum absolute atomic E-state index is 0.00229. The normalized spacial score (nSPS) is 21.2. The molecule has 1 aliphatic heterocycles. The summed E-state index contributed by atoms with van der Waals surface area (Å²) >= 11 is 0. The van der Waals surface area contributed by atoms with Gasteiger partial charge < -0.3 is 5.32 Å². The smallest absolute Gasteiger partial charge is 0.250 e. The van der Waals surface area contributed by atoms with E-state index >= 15 is 0 Å². The molecular weight excluding hydrogens is 264 g/mol. The average molecular weight is 288 g/mol. The average Bonchev–Trinajstić information content (AvgIpc) is 2.53. The van der Waals surface area contributed by atoms with Crippen molar-refractivity contribution in [3.8, 4) is 0 Å². The highest BCUT2D eigenvalue weighted by Crippen LogP contribution is 2.13. The number of rotatable bonds is 6. The maximum absolute atomic E-state index is 12.4. The van der Waals surface area contributed by atoms with Gasteiger partial charge in [-0.05, 0) is 18.9 Å². The third-order valence-corrected chi connectivity index (χ3v) is 3.67. The van der Waals surface area contributed by atoms with Gasteiger partial charge in [-0.2, -0.15) is 0 Å². The lowest BCUT2D eigenvalue weighted by atomic mass is 10.1. The van der Waals surface area contributed by atoms with Crippen LogP contribution in [-0.2, 0) is 16.1 Å². The Morgan fingerprint density at radius 1 is 1.33 bits per heavy atom. The number of carbonyl (C=O) groups excluding carboxylic acids is 1. The molecule has 1 aromatic carbocycles. The molecule has 2 unspecified atom stereocenters. The van der Waals surface area contributed by atoms with E-state index in [1.54, 1.807) is 0 Å². The number of carbonyl (C=O) groups is 1. The molecule has 2 atom stereocenters. The van der Waals surface area contributed by atoms with Gasteiger partial charge in [-0.1, -0.05) is 49.4 Å². The van der Waals surface area contributed by atoms with Gasteiger partial charge >= 0.3 is 0 Å². The van der Waals surface area contributed by atoms with Crippen LogP contribution in [0, 0.1) is 0 Å². The van der Waals surface area contributed by atoms with E-state index in [1.165, 1.54) is 5.06 Å². The van der Waals surface area contributed by atoms with Crippen molar-refractivity contribution in [1.82, 2.24) is 10.4 Å². The van der Waals surface area contributed by atoms with Crippen LogP contribution in [0.5, 0.6) is 0 Å². The molecular formula is C17H24N2O2. The second-order valence-electron chi connectivity index (χ2n) is 5.17. The summed E-state index contributed by atoms with van der Waals surface area (Å²) in [6, 6.07) is 10.0. The summed E-state index contributed by atoms with van der Waals surface area (Å²) in [5, 5.41) is 4.87. The van der Waals surface area contributed by atoms with E-state index in [4.69, 9.17) is 4.84 Å². The van der Waals surface area contributed by atoms with Crippen LogP contribution in [0.3, 0.4) is 0 Å². The van der Waals surface area contributed by atoms with Gasteiger partial charge in [0.1, 0.15) is 6.10 Å². The zero-order valence-corrected chi connectivity index (χ0v) is 12.8. The van der Waals surface area contributed by atoms with Gasteiger partial charge in [0.15, 0.2) is 0 Å². The molecule has 21 heavy (non-hydrogen) atoms. The SMILES string of the molecule is CCC1NCC=CC1ON(CC)C(=O)Cc1ccccc1. The van der Waals surface area contributed by atoms with E-state index in [0.717, 1.165) is 18.5 Å². The zero-order chi connectivity index (χ0) is 15.1. The second-order valence-corrected chi connectivity index (χ2v) is 5.17. The summed E-state index contributed by atoms with van der Waals surface area (Å²) in [5.74, 6) is -0.00229. The molecule has 4 nitrogen and oxygen atoms in total. The van der Waals surface area contributed by atoms with Crippen LogP contribution in [0.15, 0.2) is 42.5 Å². The summed E-state index contributed by atoms with van der Waals surface area (Å²) in [6.07, 6.45) is 5.35. The summed E-state index contributed by atoms with van der Waals surface area (Å²) in [4.78, 5) is 18.3. The number of amides is 1. The molecule has 0 aliphatic carbocycles. The molecule has 1 aromatic rings. The fourth-order valence-corrected chi connectivity index (χ4v) is 2.47. The Morgan fingerprint density at radius 3 is 2.76 bits per heavy atom. The van der Waals surface area contributed by atoms with Crippen LogP contribution in [-0.4, -0.2) is 36.2 Å². The summed E-state index contributed by atoms with van der Waals surface area (Å²) in [7, 11) is 0.